The molecule has 196 valence electrons. The second-order valence-electron chi connectivity index (χ2n) is 7.81. The van der Waals surface area contributed by atoms with E-state index in [4.69, 9.17) is 16.7 Å². The highest BCUT2D eigenvalue weighted by Gasteiger charge is 2.32. The number of halogens is 5. The summed E-state index contributed by atoms with van der Waals surface area (Å²) in [7, 11) is 0. The molecule has 3 N–H and O–H groups in total. The molecule has 1 heterocycles. The van der Waals surface area contributed by atoms with Gasteiger partial charge in [-0.05, 0) is 24.6 Å². The third-order valence-electron chi connectivity index (χ3n) is 5.34. The summed E-state index contributed by atoms with van der Waals surface area (Å²) >= 11 is 5.95. The van der Waals surface area contributed by atoms with Crippen molar-refractivity contribution in [2.24, 2.45) is 0 Å². The predicted octanol–water partition coefficient (Wildman–Crippen LogP) is 2.58. The molecule has 3 aromatic rings. The van der Waals surface area contributed by atoms with Crippen LogP contribution in [0.2, 0.25) is 5.02 Å². The first-order valence-corrected chi connectivity index (χ1v) is 11.0. The van der Waals surface area contributed by atoms with Crippen molar-refractivity contribution in [1.82, 2.24) is 9.88 Å². The Balaban J connectivity index is 1.84. The maximum atomic E-state index is 13.8. The van der Waals surface area contributed by atoms with Crippen LogP contribution in [0, 0.1) is 23.3 Å². The number of amides is 1. The van der Waals surface area contributed by atoms with Gasteiger partial charge in [-0.25, -0.2) is 18.6 Å². The van der Waals surface area contributed by atoms with Gasteiger partial charge in [-0.3, -0.25) is 14.4 Å². The smallest absolute Gasteiger partial charge is 0.345 e. The molecule has 0 aliphatic rings. The van der Waals surface area contributed by atoms with Gasteiger partial charge >= 0.3 is 11.5 Å². The number of ether oxygens (including phenoxy) is 1. The Morgan fingerprint density at radius 3 is 2.38 bits per heavy atom. The number of hydrogen-bond donors (Lipinski definition) is 2. The Hall–Kier alpha value is -4.00. The van der Waals surface area contributed by atoms with Crippen LogP contribution in [-0.4, -0.2) is 40.0 Å². The lowest BCUT2D eigenvalue weighted by Crippen LogP contribution is -2.48. The summed E-state index contributed by atoms with van der Waals surface area (Å²) in [6.07, 6.45) is 0.309. The average Bonchev–Trinajstić information content (AvgIpc) is 2.84. The summed E-state index contributed by atoms with van der Waals surface area (Å²) in [5, 5.41) is 11.8. The van der Waals surface area contributed by atoms with Gasteiger partial charge < -0.3 is 15.2 Å². The van der Waals surface area contributed by atoms with Gasteiger partial charge in [0.05, 0.1) is 6.42 Å². The average molecular weight is 545 g/mol. The molecular formula is C23H19ClF4N3O6+. The van der Waals surface area contributed by atoms with Crippen LogP contribution in [0.1, 0.15) is 25.8 Å². The van der Waals surface area contributed by atoms with Gasteiger partial charge in [0.2, 0.25) is 18.0 Å². The topological polar surface area (TPSA) is 129 Å². The number of carboxylic acids is 1. The van der Waals surface area contributed by atoms with Gasteiger partial charge in [-0.2, -0.15) is 13.3 Å². The number of hydrogen-bond acceptors (Lipinski definition) is 5. The largest absolute Gasteiger partial charge is 0.481 e. The van der Waals surface area contributed by atoms with Gasteiger partial charge in [0, 0.05) is 11.1 Å². The molecule has 2 atom stereocenters. The van der Waals surface area contributed by atoms with E-state index in [1.165, 1.54) is 12.4 Å². The normalized spacial score (nSPS) is 12.7. The van der Waals surface area contributed by atoms with Crippen LogP contribution >= 0.6 is 11.6 Å². The lowest BCUT2D eigenvalue weighted by atomic mass is 10.1. The van der Waals surface area contributed by atoms with Crippen molar-refractivity contribution in [1.29, 1.82) is 0 Å². The monoisotopic (exact) mass is 544 g/mol. The third kappa shape index (κ3) is 6.05. The fourth-order valence-electron chi connectivity index (χ4n) is 3.51. The number of nitrogens with one attached hydrogen (secondary N) is 2. The van der Waals surface area contributed by atoms with Gasteiger partial charge in [0.25, 0.3) is 5.91 Å². The molecule has 0 aliphatic carbocycles. The van der Waals surface area contributed by atoms with Gasteiger partial charge in [-0.15, -0.1) is 0 Å². The number of rotatable bonds is 10. The maximum Gasteiger partial charge on any atom is 0.345 e. The number of aromatic amines is 1. The molecule has 37 heavy (non-hydrogen) atoms. The Morgan fingerprint density at radius 2 is 1.78 bits per heavy atom. The van der Waals surface area contributed by atoms with Crippen LogP contribution in [0.5, 0.6) is 5.75 Å². The molecule has 0 saturated carbocycles. The lowest BCUT2D eigenvalue weighted by Gasteiger charge is -2.19. The zero-order valence-electron chi connectivity index (χ0n) is 19.0. The SMILES string of the molecule is CC[C@@H](C(=O)N[C@@H](CC(=O)O)C(=O)COc1c(F)c(F)cc(F)c1F)n1c[nH+]c2ccc(Cl)cc2c1=O. The Morgan fingerprint density at radius 1 is 1.14 bits per heavy atom. The van der Waals surface area contributed by atoms with Gasteiger partial charge in [0.1, 0.15) is 23.6 Å². The van der Waals surface area contributed by atoms with Crippen molar-refractivity contribution in [3.63, 3.8) is 0 Å². The molecule has 0 aliphatic heterocycles. The minimum Gasteiger partial charge on any atom is -0.481 e. The lowest BCUT2D eigenvalue weighted by molar-refractivity contribution is -0.353. The summed E-state index contributed by atoms with van der Waals surface area (Å²) in [6, 6.07) is 1.47. The van der Waals surface area contributed by atoms with Crippen molar-refractivity contribution in [2.45, 2.75) is 31.8 Å². The molecular weight excluding hydrogens is 526 g/mol. The van der Waals surface area contributed by atoms with E-state index in [1.807, 2.05) is 0 Å². The second-order valence-corrected chi connectivity index (χ2v) is 8.25. The summed E-state index contributed by atoms with van der Waals surface area (Å²) in [4.78, 5) is 52.6. The van der Waals surface area contributed by atoms with Crippen LogP contribution in [0.15, 0.2) is 35.4 Å². The maximum absolute atomic E-state index is 13.8. The van der Waals surface area contributed by atoms with E-state index in [9.17, 15) is 36.7 Å². The van der Waals surface area contributed by atoms with E-state index in [2.05, 4.69) is 15.0 Å². The highest BCUT2D eigenvalue weighted by molar-refractivity contribution is 6.31. The zero-order chi connectivity index (χ0) is 27.4. The molecule has 0 bridgehead atoms. The molecule has 9 nitrogen and oxygen atoms in total. The summed E-state index contributed by atoms with van der Waals surface area (Å²) < 4.78 is 60.0. The van der Waals surface area contributed by atoms with E-state index in [0.717, 1.165) is 4.57 Å². The van der Waals surface area contributed by atoms with Crippen molar-refractivity contribution >= 4 is 40.2 Å². The van der Waals surface area contributed by atoms with Crippen LogP contribution in [0.3, 0.4) is 0 Å². The fourth-order valence-corrected chi connectivity index (χ4v) is 3.68. The fraction of sp³-hybridized carbons (Fsp3) is 0.261. The number of Topliss-reactive ketones (excluding diaryl/α,β-unsaturated/α-hetero) is 1. The number of H-pyrrole nitrogens is 1. The predicted molar refractivity (Wildman–Crippen MR) is 120 cm³/mol. The van der Waals surface area contributed by atoms with Crippen molar-refractivity contribution < 1.29 is 46.8 Å². The van der Waals surface area contributed by atoms with Crippen LogP contribution in [0.4, 0.5) is 17.6 Å². The molecule has 0 fully saturated rings. The Kier molecular flexibility index (Phi) is 8.48. The molecule has 0 saturated heterocycles. The minimum absolute atomic E-state index is 0.0368. The first-order valence-electron chi connectivity index (χ1n) is 10.7. The first-order chi connectivity index (χ1) is 17.4. The first kappa shape index (κ1) is 27.6. The molecule has 1 aromatic heterocycles. The molecule has 0 spiro atoms. The van der Waals surface area contributed by atoms with Gasteiger partial charge in [0.15, 0.2) is 29.2 Å². The van der Waals surface area contributed by atoms with E-state index in [1.54, 1.807) is 19.1 Å². The number of carboxylic acid groups (broad SMARTS) is 1. The number of ketones is 1. The van der Waals surface area contributed by atoms with Crippen molar-refractivity contribution in [3.8, 4) is 5.75 Å². The third-order valence-corrected chi connectivity index (χ3v) is 5.58. The number of nitrogens with zero attached hydrogens (tertiary/aromatic N) is 1. The molecule has 0 unspecified atom stereocenters. The Bertz CT molecular complexity index is 1420. The van der Waals surface area contributed by atoms with Crippen LogP contribution in [0.25, 0.3) is 10.9 Å². The standard InChI is InChI=1S/C23H18ClF4N3O6/c1-2-16(31-9-29-14-4-3-10(24)5-11(14)23(31)36)22(35)30-15(7-18(33)34)17(32)8-37-21-19(27)12(25)6-13(26)20(21)28/h3-6,9,15-16H,2,7-8H2,1H3,(H,30,35)(H,33,34)/p+1/t15-,16-/m0/s1. The molecule has 2 aromatic carbocycles. The molecule has 1 amide bonds. The quantitative estimate of drug-likeness (QED) is 0.298. The second kappa shape index (κ2) is 11.4. The van der Waals surface area contributed by atoms with E-state index in [-0.39, 0.29) is 22.9 Å². The number of carbonyl (C=O) groups excluding carboxylic acids is 2. The van der Waals surface area contributed by atoms with E-state index >= 15 is 0 Å². The number of carbonyl (C=O) groups is 3. The van der Waals surface area contributed by atoms with Crippen LogP contribution < -0.4 is 20.6 Å². The molecule has 14 heteroatoms. The summed E-state index contributed by atoms with van der Waals surface area (Å²) in [6.45, 7) is 0.327. The Labute approximate surface area is 210 Å². The number of benzene rings is 2. The highest BCUT2D eigenvalue weighted by atomic mass is 35.5. The van der Waals surface area contributed by atoms with E-state index < -0.39 is 77.3 Å². The molecule has 3 rings (SSSR count). The minimum atomic E-state index is -1.90. The van der Waals surface area contributed by atoms with Crippen molar-refractivity contribution in [3.05, 3.63) is 69.2 Å². The number of fused-ring (bicyclic) bond motifs is 1. The number of aromatic nitrogens is 2. The van der Waals surface area contributed by atoms with Crippen LogP contribution in [-0.2, 0) is 14.4 Å². The summed E-state index contributed by atoms with van der Waals surface area (Å²) in [5.74, 6) is -12.5. The summed E-state index contributed by atoms with van der Waals surface area (Å²) in [5.41, 5.74) is -0.160. The highest BCUT2D eigenvalue weighted by Crippen LogP contribution is 2.26. The number of aliphatic carboxylic acids is 1. The molecule has 0 radical (unpaired) electrons. The van der Waals surface area contributed by atoms with Gasteiger partial charge in [-0.1, -0.05) is 18.5 Å². The zero-order valence-corrected chi connectivity index (χ0v) is 19.7. The van der Waals surface area contributed by atoms with E-state index in [0.29, 0.717) is 5.52 Å². The van der Waals surface area contributed by atoms with Crippen molar-refractivity contribution in [2.75, 3.05) is 6.61 Å².